The molecule has 0 saturated heterocycles. The van der Waals surface area contributed by atoms with Gasteiger partial charge in [-0.05, 0) is 53.9 Å². The van der Waals surface area contributed by atoms with Crippen molar-refractivity contribution >= 4 is 40.7 Å². The van der Waals surface area contributed by atoms with Crippen molar-refractivity contribution in [1.29, 1.82) is 0 Å². The molecule has 3 atom stereocenters. The van der Waals surface area contributed by atoms with Gasteiger partial charge in [-0.15, -0.1) is 24.0 Å². The van der Waals surface area contributed by atoms with Gasteiger partial charge in [-0.1, -0.05) is 13.3 Å². The van der Waals surface area contributed by atoms with Gasteiger partial charge in [0.1, 0.15) is 0 Å². The van der Waals surface area contributed by atoms with Gasteiger partial charge in [0.05, 0.1) is 6.54 Å². The molecule has 0 heterocycles. The van der Waals surface area contributed by atoms with E-state index in [0.29, 0.717) is 23.4 Å². The first-order valence-corrected chi connectivity index (χ1v) is 11.4. The maximum absolute atomic E-state index is 12.1. The Morgan fingerprint density at radius 3 is 2.38 bits per heavy atom. The van der Waals surface area contributed by atoms with Crippen LogP contribution >= 0.6 is 24.0 Å². The van der Waals surface area contributed by atoms with E-state index < -0.39 is 10.8 Å². The van der Waals surface area contributed by atoms with Crippen molar-refractivity contribution in [1.82, 2.24) is 15.5 Å². The number of nitrogens with one attached hydrogen (secondary N) is 2. The van der Waals surface area contributed by atoms with Crippen LogP contribution in [0.1, 0.15) is 67.2 Å². The van der Waals surface area contributed by atoms with Crippen LogP contribution in [0.15, 0.2) is 4.99 Å². The standard InChI is InChI=1S/C19H40N4OS.HI/c1-7-20-19(21-12-13-23(15(3)4)16(5)6)22-17-10-9-11-18(14-17)25(24)8-2;/h15-18H,7-14H2,1-6H3,(H2,20,21,22);1H. The van der Waals surface area contributed by atoms with E-state index in [0.717, 1.165) is 57.0 Å². The van der Waals surface area contributed by atoms with Crippen molar-refractivity contribution in [3.8, 4) is 0 Å². The van der Waals surface area contributed by atoms with Crippen LogP contribution in [0.5, 0.6) is 0 Å². The van der Waals surface area contributed by atoms with Crippen LogP contribution in [-0.2, 0) is 10.8 Å². The fourth-order valence-corrected chi connectivity index (χ4v) is 5.00. The lowest BCUT2D eigenvalue weighted by Crippen LogP contribution is -2.47. The maximum atomic E-state index is 12.1. The van der Waals surface area contributed by atoms with Gasteiger partial charge in [0.15, 0.2) is 5.96 Å². The molecular formula is C19H41IN4OS. The molecule has 3 unspecified atom stereocenters. The lowest BCUT2D eigenvalue weighted by Gasteiger charge is -2.31. The van der Waals surface area contributed by atoms with E-state index in [1.807, 2.05) is 6.92 Å². The van der Waals surface area contributed by atoms with E-state index in [1.165, 1.54) is 0 Å². The predicted molar refractivity (Wildman–Crippen MR) is 126 cm³/mol. The molecule has 1 aliphatic carbocycles. The molecule has 0 radical (unpaired) electrons. The average molecular weight is 501 g/mol. The highest BCUT2D eigenvalue weighted by Gasteiger charge is 2.26. The molecule has 26 heavy (non-hydrogen) atoms. The predicted octanol–water partition coefficient (Wildman–Crippen LogP) is 3.36. The van der Waals surface area contributed by atoms with Gasteiger partial charge in [-0.3, -0.25) is 14.1 Å². The summed E-state index contributed by atoms with van der Waals surface area (Å²) in [6.07, 6.45) is 4.40. The molecule has 0 aromatic rings. The summed E-state index contributed by atoms with van der Waals surface area (Å²) in [6.45, 7) is 15.7. The summed E-state index contributed by atoms with van der Waals surface area (Å²) in [4.78, 5) is 7.25. The number of halogens is 1. The molecule has 0 aromatic heterocycles. The second-order valence-corrected chi connectivity index (χ2v) is 9.49. The molecule has 2 N–H and O–H groups in total. The van der Waals surface area contributed by atoms with Gasteiger partial charge >= 0.3 is 0 Å². The highest BCUT2D eigenvalue weighted by atomic mass is 127. The molecule has 0 aromatic carbocycles. The normalized spacial score (nSPS) is 22.4. The number of nitrogens with zero attached hydrogens (tertiary/aromatic N) is 2. The van der Waals surface area contributed by atoms with E-state index in [2.05, 4.69) is 50.2 Å². The number of hydrogen-bond acceptors (Lipinski definition) is 3. The molecule has 0 spiro atoms. The van der Waals surface area contributed by atoms with Crippen LogP contribution in [0.25, 0.3) is 0 Å². The Hall–Kier alpha value is 0.110. The molecule has 1 rings (SSSR count). The summed E-state index contributed by atoms with van der Waals surface area (Å²) in [7, 11) is -0.682. The topological polar surface area (TPSA) is 56.7 Å². The lowest BCUT2D eigenvalue weighted by molar-refractivity contribution is 0.181. The van der Waals surface area contributed by atoms with Crippen molar-refractivity contribution in [3.05, 3.63) is 0 Å². The first kappa shape index (κ1) is 26.1. The highest BCUT2D eigenvalue weighted by Crippen LogP contribution is 2.22. The molecule has 7 heteroatoms. The first-order valence-electron chi connectivity index (χ1n) is 10.1. The summed E-state index contributed by atoms with van der Waals surface area (Å²) in [5.41, 5.74) is 0. The van der Waals surface area contributed by atoms with Crippen molar-refractivity contribution in [2.24, 2.45) is 4.99 Å². The summed E-state index contributed by atoms with van der Waals surface area (Å²) >= 11 is 0. The molecular weight excluding hydrogens is 459 g/mol. The Labute approximate surface area is 181 Å². The van der Waals surface area contributed by atoms with E-state index >= 15 is 0 Å². The summed E-state index contributed by atoms with van der Waals surface area (Å²) in [5, 5.41) is 7.29. The number of hydrogen-bond donors (Lipinski definition) is 2. The van der Waals surface area contributed by atoms with Gasteiger partial charge in [0.2, 0.25) is 0 Å². The van der Waals surface area contributed by atoms with Crippen molar-refractivity contribution < 1.29 is 4.21 Å². The summed E-state index contributed by atoms with van der Waals surface area (Å²) in [6, 6.07) is 1.46. The smallest absolute Gasteiger partial charge is 0.191 e. The lowest BCUT2D eigenvalue weighted by atomic mass is 9.95. The third-order valence-electron chi connectivity index (χ3n) is 4.92. The Balaban J connectivity index is 0.00000625. The second kappa shape index (κ2) is 14.2. The zero-order valence-electron chi connectivity index (χ0n) is 17.6. The van der Waals surface area contributed by atoms with Gasteiger partial charge in [0.25, 0.3) is 0 Å². The van der Waals surface area contributed by atoms with E-state index in [9.17, 15) is 4.21 Å². The van der Waals surface area contributed by atoms with Crippen LogP contribution in [0, 0.1) is 0 Å². The monoisotopic (exact) mass is 500 g/mol. The fraction of sp³-hybridized carbons (Fsp3) is 0.947. The molecule has 1 aliphatic rings. The van der Waals surface area contributed by atoms with Gasteiger partial charge in [0, 0.05) is 53.0 Å². The Kier molecular flexibility index (Phi) is 14.2. The molecule has 0 aliphatic heterocycles. The van der Waals surface area contributed by atoms with Gasteiger partial charge in [-0.2, -0.15) is 0 Å². The Morgan fingerprint density at radius 2 is 1.85 bits per heavy atom. The molecule has 0 bridgehead atoms. The number of aliphatic imine (C=N–C) groups is 1. The minimum absolute atomic E-state index is 0. The van der Waals surface area contributed by atoms with E-state index in [-0.39, 0.29) is 24.0 Å². The van der Waals surface area contributed by atoms with Crippen LogP contribution in [-0.4, -0.2) is 63.8 Å². The van der Waals surface area contributed by atoms with Gasteiger partial charge in [-0.25, -0.2) is 0 Å². The minimum atomic E-state index is -0.682. The van der Waals surface area contributed by atoms with Crippen LogP contribution in [0.2, 0.25) is 0 Å². The van der Waals surface area contributed by atoms with E-state index in [4.69, 9.17) is 4.99 Å². The Bertz CT molecular complexity index is 424. The highest BCUT2D eigenvalue weighted by molar-refractivity contribution is 14.0. The summed E-state index contributed by atoms with van der Waals surface area (Å²) < 4.78 is 12.1. The maximum Gasteiger partial charge on any atom is 0.191 e. The molecule has 1 saturated carbocycles. The van der Waals surface area contributed by atoms with Crippen LogP contribution in [0.4, 0.5) is 0 Å². The van der Waals surface area contributed by atoms with Crippen molar-refractivity contribution in [3.63, 3.8) is 0 Å². The SMILES string of the molecule is CCNC(=NCCN(C(C)C)C(C)C)NC1CCCC(S(=O)CC)C1.I. The number of rotatable bonds is 9. The zero-order valence-corrected chi connectivity index (χ0v) is 20.7. The number of guanidine groups is 1. The van der Waals surface area contributed by atoms with Crippen molar-refractivity contribution in [2.45, 2.75) is 90.6 Å². The third kappa shape index (κ3) is 9.35. The zero-order chi connectivity index (χ0) is 18.8. The van der Waals surface area contributed by atoms with Crippen LogP contribution < -0.4 is 10.6 Å². The fourth-order valence-electron chi connectivity index (χ4n) is 3.65. The van der Waals surface area contributed by atoms with Gasteiger partial charge < -0.3 is 10.6 Å². The largest absolute Gasteiger partial charge is 0.357 e. The molecule has 1 fully saturated rings. The van der Waals surface area contributed by atoms with Crippen LogP contribution in [0.3, 0.4) is 0 Å². The molecule has 5 nitrogen and oxygen atoms in total. The van der Waals surface area contributed by atoms with E-state index in [1.54, 1.807) is 0 Å². The minimum Gasteiger partial charge on any atom is -0.357 e. The first-order chi connectivity index (χ1) is 11.9. The third-order valence-corrected chi connectivity index (χ3v) is 6.66. The second-order valence-electron chi connectivity index (χ2n) is 7.49. The Morgan fingerprint density at radius 1 is 1.19 bits per heavy atom. The van der Waals surface area contributed by atoms with Crippen molar-refractivity contribution in [2.75, 3.05) is 25.4 Å². The quantitative estimate of drug-likeness (QED) is 0.290. The average Bonchev–Trinajstić information content (AvgIpc) is 2.57. The summed E-state index contributed by atoms with van der Waals surface area (Å²) in [5.74, 6) is 1.68. The molecule has 156 valence electrons. The molecule has 0 amide bonds.